The maximum Gasteiger partial charge on any atom is 0.303 e. The van der Waals surface area contributed by atoms with E-state index < -0.39 is 35.3 Å². The van der Waals surface area contributed by atoms with Gasteiger partial charge in [-0.25, -0.2) is 0 Å². The standard InChI is InChI=1S/C20H22ClN3O5/c1-2-3-9-24-17(27)14-12(7-8-13(25)26)23-20(15(14)18(24)28)10-5-4-6-11(21)16(10)22-19(20)29/h4-6,12,14-15,23H,2-3,7-9H2,1H3,(H,22,29)(H,25,26). The summed E-state index contributed by atoms with van der Waals surface area (Å²) in [6, 6.07) is 4.45. The van der Waals surface area contributed by atoms with Crippen molar-refractivity contribution in [3.8, 4) is 0 Å². The van der Waals surface area contributed by atoms with Crippen LogP contribution in [0.2, 0.25) is 5.02 Å². The van der Waals surface area contributed by atoms with E-state index in [4.69, 9.17) is 16.7 Å². The average molecular weight is 420 g/mol. The highest BCUT2D eigenvalue weighted by atomic mass is 35.5. The molecule has 8 nitrogen and oxygen atoms in total. The van der Waals surface area contributed by atoms with Crippen molar-refractivity contribution in [3.05, 3.63) is 28.8 Å². The number of carboxylic acid groups (broad SMARTS) is 1. The topological polar surface area (TPSA) is 116 Å². The van der Waals surface area contributed by atoms with Gasteiger partial charge in [0.2, 0.25) is 17.7 Å². The fraction of sp³-hybridized carbons (Fsp3) is 0.500. The number of amides is 3. The lowest BCUT2D eigenvalue weighted by molar-refractivity contribution is -0.143. The molecule has 29 heavy (non-hydrogen) atoms. The van der Waals surface area contributed by atoms with Gasteiger partial charge in [-0.2, -0.15) is 0 Å². The van der Waals surface area contributed by atoms with Crippen molar-refractivity contribution in [2.24, 2.45) is 11.8 Å². The van der Waals surface area contributed by atoms with Gasteiger partial charge in [-0.15, -0.1) is 0 Å². The molecule has 1 aromatic rings. The molecule has 0 radical (unpaired) electrons. The van der Waals surface area contributed by atoms with Gasteiger partial charge in [0, 0.05) is 24.6 Å². The zero-order valence-corrected chi connectivity index (χ0v) is 16.7. The molecule has 3 amide bonds. The van der Waals surface area contributed by atoms with Gasteiger partial charge in [-0.05, 0) is 18.9 Å². The van der Waals surface area contributed by atoms with Gasteiger partial charge in [0.25, 0.3) is 0 Å². The highest BCUT2D eigenvalue weighted by Crippen LogP contribution is 2.54. The first kappa shape index (κ1) is 19.8. The SMILES string of the molecule is CCCCN1C(=O)C2C(CCC(=O)O)NC3(C(=O)Nc4c(Cl)cccc43)C2C1=O. The maximum absolute atomic E-state index is 13.3. The number of carbonyl (C=O) groups excluding carboxylic acids is 3. The first-order valence-corrected chi connectivity index (χ1v) is 10.2. The molecule has 0 saturated carbocycles. The Morgan fingerprint density at radius 3 is 2.72 bits per heavy atom. The highest BCUT2D eigenvalue weighted by Gasteiger charge is 2.70. The normalized spacial score (nSPS) is 30.1. The Hall–Kier alpha value is -2.45. The third kappa shape index (κ3) is 2.77. The third-order valence-electron chi connectivity index (χ3n) is 6.20. The van der Waals surface area contributed by atoms with E-state index in [2.05, 4.69) is 10.6 Å². The molecule has 1 aromatic carbocycles. The van der Waals surface area contributed by atoms with Crippen LogP contribution in [0.3, 0.4) is 0 Å². The van der Waals surface area contributed by atoms with Gasteiger partial charge < -0.3 is 10.4 Å². The Bertz CT molecular complexity index is 919. The number of nitrogens with zero attached hydrogens (tertiary/aromatic N) is 1. The summed E-state index contributed by atoms with van der Waals surface area (Å²) in [6.07, 6.45) is 1.46. The lowest BCUT2D eigenvalue weighted by Gasteiger charge is -2.29. The molecule has 3 heterocycles. The van der Waals surface area contributed by atoms with Crippen molar-refractivity contribution in [2.45, 2.75) is 44.2 Å². The Kier molecular flexibility index (Phi) is 4.86. The van der Waals surface area contributed by atoms with Crippen LogP contribution < -0.4 is 10.6 Å². The number of rotatable bonds is 6. The number of anilines is 1. The fourth-order valence-electron chi connectivity index (χ4n) is 4.92. The second-order valence-corrected chi connectivity index (χ2v) is 8.20. The minimum Gasteiger partial charge on any atom is -0.481 e. The second-order valence-electron chi connectivity index (χ2n) is 7.79. The van der Waals surface area contributed by atoms with Crippen LogP contribution in [0.15, 0.2) is 18.2 Å². The number of hydrogen-bond acceptors (Lipinski definition) is 5. The van der Waals surface area contributed by atoms with Gasteiger partial charge >= 0.3 is 5.97 Å². The molecule has 154 valence electrons. The minimum atomic E-state index is -1.43. The zero-order chi connectivity index (χ0) is 20.9. The van der Waals surface area contributed by atoms with Crippen LogP contribution >= 0.6 is 11.6 Å². The van der Waals surface area contributed by atoms with Crippen molar-refractivity contribution in [2.75, 3.05) is 11.9 Å². The van der Waals surface area contributed by atoms with Crippen LogP contribution in [0.25, 0.3) is 0 Å². The largest absolute Gasteiger partial charge is 0.481 e. The predicted molar refractivity (Wildman–Crippen MR) is 104 cm³/mol. The molecule has 2 saturated heterocycles. The van der Waals surface area contributed by atoms with Crippen molar-refractivity contribution in [1.29, 1.82) is 0 Å². The molecule has 4 unspecified atom stereocenters. The van der Waals surface area contributed by atoms with Gasteiger partial charge in [0.15, 0.2) is 0 Å². The monoisotopic (exact) mass is 419 g/mol. The molecule has 0 aromatic heterocycles. The molecule has 0 bridgehead atoms. The summed E-state index contributed by atoms with van der Waals surface area (Å²) in [6.45, 7) is 2.26. The van der Waals surface area contributed by atoms with Crippen molar-refractivity contribution in [3.63, 3.8) is 0 Å². The molecule has 0 aliphatic carbocycles. The quantitative estimate of drug-likeness (QED) is 0.605. The van der Waals surface area contributed by atoms with Crippen molar-refractivity contribution in [1.82, 2.24) is 10.2 Å². The van der Waals surface area contributed by atoms with Gasteiger partial charge in [0.1, 0.15) is 5.54 Å². The molecule has 3 aliphatic rings. The number of halogens is 1. The number of benzene rings is 1. The maximum atomic E-state index is 13.3. The van der Waals surface area contributed by atoms with Gasteiger partial charge in [-0.1, -0.05) is 37.1 Å². The number of carbonyl (C=O) groups is 4. The number of likely N-dealkylation sites (tertiary alicyclic amines) is 1. The molecule has 3 aliphatic heterocycles. The third-order valence-corrected chi connectivity index (χ3v) is 6.51. The number of unbranched alkanes of at least 4 members (excludes halogenated alkanes) is 1. The molecule has 1 spiro atoms. The minimum absolute atomic E-state index is 0.141. The Morgan fingerprint density at radius 1 is 1.28 bits per heavy atom. The number of para-hydroxylation sites is 1. The number of nitrogens with one attached hydrogen (secondary N) is 2. The van der Waals surface area contributed by atoms with Crippen LogP contribution in [0.4, 0.5) is 5.69 Å². The summed E-state index contributed by atoms with van der Waals surface area (Å²) < 4.78 is 0. The molecule has 3 N–H and O–H groups in total. The number of aliphatic carboxylic acids is 1. The number of hydrogen-bond donors (Lipinski definition) is 3. The van der Waals surface area contributed by atoms with Crippen LogP contribution in [0, 0.1) is 11.8 Å². The van der Waals surface area contributed by atoms with E-state index in [9.17, 15) is 19.2 Å². The van der Waals surface area contributed by atoms with E-state index >= 15 is 0 Å². The summed E-state index contributed by atoms with van der Waals surface area (Å²) in [5, 5.41) is 15.4. The Balaban J connectivity index is 1.81. The molecule has 2 fully saturated rings. The summed E-state index contributed by atoms with van der Waals surface area (Å²) in [5.74, 6) is -3.87. The molecule has 9 heteroatoms. The van der Waals surface area contributed by atoms with E-state index in [1.165, 1.54) is 4.90 Å². The lowest BCUT2D eigenvalue weighted by atomic mass is 9.76. The van der Waals surface area contributed by atoms with E-state index in [0.717, 1.165) is 6.42 Å². The second kappa shape index (κ2) is 7.11. The first-order chi connectivity index (χ1) is 13.8. The summed E-state index contributed by atoms with van der Waals surface area (Å²) >= 11 is 6.26. The predicted octanol–water partition coefficient (Wildman–Crippen LogP) is 1.73. The average Bonchev–Trinajstić information content (AvgIpc) is 3.25. The summed E-state index contributed by atoms with van der Waals surface area (Å²) in [5.41, 5.74) is -0.472. The van der Waals surface area contributed by atoms with E-state index in [-0.39, 0.29) is 24.7 Å². The van der Waals surface area contributed by atoms with Gasteiger partial charge in [0.05, 0.1) is 22.5 Å². The smallest absolute Gasteiger partial charge is 0.303 e. The van der Waals surface area contributed by atoms with E-state index in [1.54, 1.807) is 18.2 Å². The Morgan fingerprint density at radius 2 is 2.03 bits per heavy atom. The molecule has 4 atom stereocenters. The van der Waals surface area contributed by atoms with Crippen LogP contribution in [0.5, 0.6) is 0 Å². The number of carboxylic acids is 1. The zero-order valence-electron chi connectivity index (χ0n) is 15.9. The van der Waals surface area contributed by atoms with Crippen molar-refractivity contribution < 1.29 is 24.3 Å². The van der Waals surface area contributed by atoms with E-state index in [0.29, 0.717) is 29.2 Å². The van der Waals surface area contributed by atoms with Crippen LogP contribution in [-0.4, -0.2) is 46.3 Å². The Labute approximate surface area is 172 Å². The van der Waals surface area contributed by atoms with E-state index in [1.807, 2.05) is 6.92 Å². The highest BCUT2D eigenvalue weighted by molar-refractivity contribution is 6.35. The number of fused-ring (bicyclic) bond motifs is 4. The summed E-state index contributed by atoms with van der Waals surface area (Å²) in [4.78, 5) is 52.0. The lowest BCUT2D eigenvalue weighted by Crippen LogP contribution is -2.53. The van der Waals surface area contributed by atoms with Crippen LogP contribution in [-0.2, 0) is 24.7 Å². The molecular weight excluding hydrogens is 398 g/mol. The summed E-state index contributed by atoms with van der Waals surface area (Å²) in [7, 11) is 0. The fourth-order valence-corrected chi connectivity index (χ4v) is 5.14. The first-order valence-electron chi connectivity index (χ1n) is 9.78. The molecule has 4 rings (SSSR count). The van der Waals surface area contributed by atoms with Crippen molar-refractivity contribution >= 4 is 41.0 Å². The van der Waals surface area contributed by atoms with Crippen LogP contribution in [0.1, 0.15) is 38.2 Å². The number of imide groups is 1. The van der Waals surface area contributed by atoms with Gasteiger partial charge in [-0.3, -0.25) is 29.4 Å². The molecular formula is C20H22ClN3O5.